The number of hydrogen-bond donors (Lipinski definition) is 0. The molecule has 1 atom stereocenters. The van der Waals surface area contributed by atoms with Crippen LogP contribution in [0, 0.1) is 0 Å². The Labute approximate surface area is 102 Å². The van der Waals surface area contributed by atoms with Gasteiger partial charge < -0.3 is 14.2 Å². The van der Waals surface area contributed by atoms with Crippen molar-refractivity contribution in [2.24, 2.45) is 0 Å². The highest BCUT2D eigenvalue weighted by atomic mass is 16.6. The minimum Gasteiger partial charge on any atom is -0.463 e. The van der Waals surface area contributed by atoms with Crippen LogP contribution in [0.4, 0.5) is 0 Å². The number of morpholine rings is 1. The van der Waals surface area contributed by atoms with Gasteiger partial charge in [0.2, 0.25) is 0 Å². The molecule has 0 N–H and O–H groups in total. The lowest BCUT2D eigenvalue weighted by atomic mass is 10.2. The molecule has 0 aromatic carbocycles. The lowest BCUT2D eigenvalue weighted by Crippen LogP contribution is -2.37. The molecule has 0 aromatic rings. The Balaban J connectivity index is 1.53. The molecule has 0 spiro atoms. The van der Waals surface area contributed by atoms with Crippen LogP contribution < -0.4 is 0 Å². The van der Waals surface area contributed by atoms with Gasteiger partial charge >= 0.3 is 5.97 Å². The minimum atomic E-state index is -0.119. The number of carbonyl (C=O) groups is 1. The number of carbonyl (C=O) groups excluding carboxylic acids is 1. The first-order valence-electron chi connectivity index (χ1n) is 6.42. The van der Waals surface area contributed by atoms with Gasteiger partial charge in [0.1, 0.15) is 6.61 Å². The summed E-state index contributed by atoms with van der Waals surface area (Å²) in [6.45, 7) is 5.36. The van der Waals surface area contributed by atoms with Crippen LogP contribution in [0.5, 0.6) is 0 Å². The molecule has 0 amide bonds. The Kier molecular flexibility index (Phi) is 5.22. The van der Waals surface area contributed by atoms with Gasteiger partial charge in [0.05, 0.1) is 25.7 Å². The average molecular weight is 243 g/mol. The van der Waals surface area contributed by atoms with Crippen LogP contribution in [0.1, 0.15) is 19.3 Å². The molecule has 1 unspecified atom stereocenters. The zero-order chi connectivity index (χ0) is 11.9. The summed E-state index contributed by atoms with van der Waals surface area (Å²) < 4.78 is 15.8. The Bertz CT molecular complexity index is 235. The Hall–Kier alpha value is -0.650. The van der Waals surface area contributed by atoms with Gasteiger partial charge in [-0.05, 0) is 12.8 Å². The summed E-state index contributed by atoms with van der Waals surface area (Å²) in [4.78, 5) is 13.7. The highest BCUT2D eigenvalue weighted by Crippen LogP contribution is 2.12. The fraction of sp³-hybridized carbons (Fsp3) is 0.917. The summed E-state index contributed by atoms with van der Waals surface area (Å²) in [7, 11) is 0. The summed E-state index contributed by atoms with van der Waals surface area (Å²) in [5, 5.41) is 0. The van der Waals surface area contributed by atoms with Crippen molar-refractivity contribution in [3.05, 3.63) is 0 Å². The number of ether oxygens (including phenoxy) is 3. The Morgan fingerprint density at radius 3 is 2.82 bits per heavy atom. The third kappa shape index (κ3) is 4.61. The van der Waals surface area contributed by atoms with Crippen molar-refractivity contribution in [1.29, 1.82) is 0 Å². The summed E-state index contributed by atoms with van der Waals surface area (Å²) in [6, 6.07) is 0. The van der Waals surface area contributed by atoms with Crippen LogP contribution in [-0.2, 0) is 19.0 Å². The van der Waals surface area contributed by atoms with E-state index in [2.05, 4.69) is 4.90 Å². The normalized spacial score (nSPS) is 26.0. The van der Waals surface area contributed by atoms with E-state index in [1.54, 1.807) is 0 Å². The van der Waals surface area contributed by atoms with Gasteiger partial charge in [-0.2, -0.15) is 0 Å². The van der Waals surface area contributed by atoms with E-state index >= 15 is 0 Å². The molecule has 2 aliphatic rings. The standard InChI is InChI=1S/C12H21NO4/c14-12(17-10-11-2-1-7-16-11)3-4-13-5-8-15-9-6-13/h11H,1-10H2. The van der Waals surface area contributed by atoms with Crippen molar-refractivity contribution < 1.29 is 19.0 Å². The lowest BCUT2D eigenvalue weighted by Gasteiger charge is -2.26. The molecule has 0 aromatic heterocycles. The van der Waals surface area contributed by atoms with E-state index in [4.69, 9.17) is 14.2 Å². The molecular weight excluding hydrogens is 222 g/mol. The van der Waals surface area contributed by atoms with Crippen LogP contribution in [0.25, 0.3) is 0 Å². The third-order valence-corrected chi connectivity index (χ3v) is 3.19. The van der Waals surface area contributed by atoms with Gasteiger partial charge in [0.15, 0.2) is 0 Å². The SMILES string of the molecule is O=C(CCN1CCOCC1)OCC1CCCO1. The topological polar surface area (TPSA) is 48.0 Å². The number of nitrogens with zero attached hydrogens (tertiary/aromatic N) is 1. The van der Waals surface area contributed by atoms with Gasteiger partial charge in [-0.3, -0.25) is 9.69 Å². The first kappa shape index (κ1) is 12.8. The van der Waals surface area contributed by atoms with E-state index < -0.39 is 0 Å². The van der Waals surface area contributed by atoms with Gasteiger partial charge in [-0.1, -0.05) is 0 Å². The molecule has 5 nitrogen and oxygen atoms in total. The van der Waals surface area contributed by atoms with Gasteiger partial charge in [-0.25, -0.2) is 0 Å². The predicted octanol–water partition coefficient (Wildman–Crippen LogP) is 0.431. The fourth-order valence-corrected chi connectivity index (χ4v) is 2.11. The van der Waals surface area contributed by atoms with Crippen LogP contribution in [0.2, 0.25) is 0 Å². The van der Waals surface area contributed by atoms with E-state index in [1.165, 1.54) is 0 Å². The molecule has 0 aliphatic carbocycles. The van der Waals surface area contributed by atoms with Crippen molar-refractivity contribution in [3.8, 4) is 0 Å². The van der Waals surface area contributed by atoms with E-state index in [-0.39, 0.29) is 12.1 Å². The number of esters is 1. The highest BCUT2D eigenvalue weighted by molar-refractivity contribution is 5.69. The summed E-state index contributed by atoms with van der Waals surface area (Å²) in [5.41, 5.74) is 0. The quantitative estimate of drug-likeness (QED) is 0.655. The average Bonchev–Trinajstić information content (AvgIpc) is 2.88. The number of rotatable bonds is 5. The van der Waals surface area contributed by atoms with Crippen molar-refractivity contribution >= 4 is 5.97 Å². The molecule has 5 heteroatoms. The molecule has 2 fully saturated rings. The van der Waals surface area contributed by atoms with Crippen LogP contribution >= 0.6 is 0 Å². The second kappa shape index (κ2) is 6.93. The second-order valence-corrected chi connectivity index (χ2v) is 4.52. The van der Waals surface area contributed by atoms with Crippen LogP contribution in [-0.4, -0.2) is 63.0 Å². The largest absolute Gasteiger partial charge is 0.463 e. The smallest absolute Gasteiger partial charge is 0.307 e. The van der Waals surface area contributed by atoms with E-state index in [9.17, 15) is 4.79 Å². The van der Waals surface area contributed by atoms with Gasteiger partial charge in [-0.15, -0.1) is 0 Å². The monoisotopic (exact) mass is 243 g/mol. The second-order valence-electron chi connectivity index (χ2n) is 4.52. The predicted molar refractivity (Wildman–Crippen MR) is 61.8 cm³/mol. The molecule has 2 heterocycles. The van der Waals surface area contributed by atoms with E-state index in [0.717, 1.165) is 52.3 Å². The minimum absolute atomic E-state index is 0.119. The van der Waals surface area contributed by atoms with E-state index in [1.807, 2.05) is 0 Å². The molecule has 2 rings (SSSR count). The fourth-order valence-electron chi connectivity index (χ4n) is 2.11. The van der Waals surface area contributed by atoms with Crippen molar-refractivity contribution in [2.45, 2.75) is 25.4 Å². The Morgan fingerprint density at radius 1 is 1.29 bits per heavy atom. The van der Waals surface area contributed by atoms with Crippen molar-refractivity contribution in [2.75, 3.05) is 46.1 Å². The maximum Gasteiger partial charge on any atom is 0.307 e. The van der Waals surface area contributed by atoms with Crippen molar-refractivity contribution in [3.63, 3.8) is 0 Å². The first-order chi connectivity index (χ1) is 8.34. The first-order valence-corrected chi connectivity index (χ1v) is 6.42. The molecular formula is C12H21NO4. The maximum absolute atomic E-state index is 11.5. The van der Waals surface area contributed by atoms with Crippen LogP contribution in [0.15, 0.2) is 0 Å². The van der Waals surface area contributed by atoms with Gasteiger partial charge in [0.25, 0.3) is 0 Å². The molecule has 98 valence electrons. The zero-order valence-corrected chi connectivity index (χ0v) is 10.2. The number of hydrogen-bond acceptors (Lipinski definition) is 5. The van der Waals surface area contributed by atoms with E-state index in [0.29, 0.717) is 13.0 Å². The summed E-state index contributed by atoms with van der Waals surface area (Å²) in [6.07, 6.45) is 2.68. The zero-order valence-electron chi connectivity index (χ0n) is 10.2. The molecule has 0 radical (unpaired) electrons. The molecule has 2 aliphatic heterocycles. The summed E-state index contributed by atoms with van der Waals surface area (Å²) in [5.74, 6) is -0.119. The Morgan fingerprint density at radius 2 is 2.12 bits per heavy atom. The maximum atomic E-state index is 11.5. The molecule has 17 heavy (non-hydrogen) atoms. The lowest BCUT2D eigenvalue weighted by molar-refractivity contribution is -0.147. The summed E-state index contributed by atoms with van der Waals surface area (Å²) >= 11 is 0. The molecule has 0 saturated carbocycles. The third-order valence-electron chi connectivity index (χ3n) is 3.19. The van der Waals surface area contributed by atoms with Crippen LogP contribution in [0.3, 0.4) is 0 Å². The van der Waals surface area contributed by atoms with Gasteiger partial charge in [0, 0.05) is 26.2 Å². The van der Waals surface area contributed by atoms with Crippen molar-refractivity contribution in [1.82, 2.24) is 4.90 Å². The highest BCUT2D eigenvalue weighted by Gasteiger charge is 2.18. The molecule has 0 bridgehead atoms. The molecule has 2 saturated heterocycles.